The third-order valence-electron chi connectivity index (χ3n) is 2.49. The predicted molar refractivity (Wildman–Crippen MR) is 74.4 cm³/mol. The first kappa shape index (κ1) is 12.3. The van der Waals surface area contributed by atoms with Gasteiger partial charge in [-0.1, -0.05) is 0 Å². The number of hydrogen-bond acceptors (Lipinski definition) is 3. The molecule has 0 fully saturated rings. The summed E-state index contributed by atoms with van der Waals surface area (Å²) in [5.41, 5.74) is 1.32. The monoisotopic (exact) mass is 316 g/mol. The molecule has 1 atom stereocenters. The van der Waals surface area contributed by atoms with Gasteiger partial charge in [-0.2, -0.15) is 11.3 Å². The first-order valence-electron chi connectivity index (χ1n) is 5.12. The van der Waals surface area contributed by atoms with Gasteiger partial charge in [0.1, 0.15) is 0 Å². The first-order valence-corrected chi connectivity index (χ1v) is 7.67. The average Bonchev–Trinajstić information content (AvgIpc) is 2.86. The van der Waals surface area contributed by atoms with Gasteiger partial charge in [0.15, 0.2) is 0 Å². The Hall–Kier alpha value is -0.160. The SMILES string of the molecule is Cc1sc(C(O)CCc2ccsc2)cc1Br. The van der Waals surface area contributed by atoms with Crippen molar-refractivity contribution in [3.8, 4) is 0 Å². The fourth-order valence-electron chi connectivity index (χ4n) is 1.53. The molecule has 2 aromatic heterocycles. The van der Waals surface area contributed by atoms with E-state index < -0.39 is 0 Å². The Morgan fingerprint density at radius 2 is 2.31 bits per heavy atom. The third-order valence-corrected chi connectivity index (χ3v) is 5.46. The van der Waals surface area contributed by atoms with E-state index in [4.69, 9.17) is 0 Å². The molecule has 1 unspecified atom stereocenters. The molecule has 0 saturated carbocycles. The highest BCUT2D eigenvalue weighted by Crippen LogP contribution is 2.32. The van der Waals surface area contributed by atoms with Gasteiger partial charge in [-0.15, -0.1) is 11.3 Å². The maximum Gasteiger partial charge on any atom is 0.0885 e. The molecular weight excluding hydrogens is 304 g/mol. The van der Waals surface area contributed by atoms with Crippen LogP contribution in [0.2, 0.25) is 0 Å². The minimum Gasteiger partial charge on any atom is -0.388 e. The van der Waals surface area contributed by atoms with Crippen LogP contribution in [0, 0.1) is 6.92 Å². The van der Waals surface area contributed by atoms with Crippen molar-refractivity contribution in [3.05, 3.63) is 42.7 Å². The molecule has 0 bridgehead atoms. The van der Waals surface area contributed by atoms with E-state index in [1.165, 1.54) is 10.4 Å². The van der Waals surface area contributed by atoms with E-state index in [2.05, 4.69) is 39.7 Å². The summed E-state index contributed by atoms with van der Waals surface area (Å²) in [5, 5.41) is 14.3. The van der Waals surface area contributed by atoms with Crippen LogP contribution < -0.4 is 0 Å². The maximum absolute atomic E-state index is 10.1. The molecule has 0 spiro atoms. The Balaban J connectivity index is 1.95. The van der Waals surface area contributed by atoms with Crippen molar-refractivity contribution in [1.82, 2.24) is 0 Å². The molecule has 1 nitrogen and oxygen atoms in total. The molecule has 0 aliphatic heterocycles. The normalized spacial score (nSPS) is 12.9. The zero-order chi connectivity index (χ0) is 11.5. The van der Waals surface area contributed by atoms with E-state index in [0.717, 1.165) is 22.2 Å². The molecule has 2 heterocycles. The van der Waals surface area contributed by atoms with E-state index in [1.807, 2.05) is 6.07 Å². The van der Waals surface area contributed by atoms with Crippen molar-refractivity contribution < 1.29 is 5.11 Å². The Bertz CT molecular complexity index is 428. The van der Waals surface area contributed by atoms with Gasteiger partial charge in [-0.05, 0) is 64.2 Å². The third kappa shape index (κ3) is 2.94. The summed E-state index contributed by atoms with van der Waals surface area (Å²) in [6.45, 7) is 2.06. The Kier molecular flexibility index (Phi) is 4.19. The molecule has 0 aromatic carbocycles. The van der Waals surface area contributed by atoms with Gasteiger partial charge in [0.05, 0.1) is 6.10 Å². The van der Waals surface area contributed by atoms with E-state index in [9.17, 15) is 5.11 Å². The Labute approximate surface area is 112 Å². The van der Waals surface area contributed by atoms with Gasteiger partial charge in [0.2, 0.25) is 0 Å². The topological polar surface area (TPSA) is 20.2 Å². The highest BCUT2D eigenvalue weighted by atomic mass is 79.9. The van der Waals surface area contributed by atoms with Gasteiger partial charge in [0, 0.05) is 14.2 Å². The molecule has 2 rings (SSSR count). The fourth-order valence-corrected chi connectivity index (χ4v) is 3.81. The summed E-state index contributed by atoms with van der Waals surface area (Å²) in [5.74, 6) is 0. The number of halogens is 1. The Morgan fingerprint density at radius 1 is 1.50 bits per heavy atom. The van der Waals surface area contributed by atoms with Gasteiger partial charge in [0.25, 0.3) is 0 Å². The highest BCUT2D eigenvalue weighted by molar-refractivity contribution is 9.10. The summed E-state index contributed by atoms with van der Waals surface area (Å²) >= 11 is 6.85. The fraction of sp³-hybridized carbons (Fsp3) is 0.333. The van der Waals surface area contributed by atoms with E-state index >= 15 is 0 Å². The number of thiophene rings is 2. The smallest absolute Gasteiger partial charge is 0.0885 e. The standard InChI is InChI=1S/C12H13BrOS2/c1-8-10(13)6-12(16-8)11(14)3-2-9-4-5-15-7-9/h4-7,11,14H,2-3H2,1H3. The molecule has 86 valence electrons. The average molecular weight is 317 g/mol. The largest absolute Gasteiger partial charge is 0.388 e. The summed E-state index contributed by atoms with van der Waals surface area (Å²) in [6.07, 6.45) is 1.40. The molecular formula is C12H13BrOS2. The van der Waals surface area contributed by atoms with E-state index in [1.54, 1.807) is 22.7 Å². The van der Waals surface area contributed by atoms with Crippen LogP contribution in [-0.4, -0.2) is 5.11 Å². The van der Waals surface area contributed by atoms with Gasteiger partial charge in [-0.3, -0.25) is 0 Å². The van der Waals surface area contributed by atoms with E-state index in [-0.39, 0.29) is 6.10 Å². The highest BCUT2D eigenvalue weighted by Gasteiger charge is 2.12. The second-order valence-corrected chi connectivity index (χ2v) is 6.66. The quantitative estimate of drug-likeness (QED) is 0.877. The van der Waals surface area contributed by atoms with Gasteiger partial charge < -0.3 is 5.11 Å². The summed E-state index contributed by atoms with van der Waals surface area (Å²) < 4.78 is 1.10. The molecule has 1 N–H and O–H groups in total. The number of rotatable bonds is 4. The lowest BCUT2D eigenvalue weighted by Gasteiger charge is -2.06. The lowest BCUT2D eigenvalue weighted by atomic mass is 10.1. The van der Waals surface area contributed by atoms with Crippen LogP contribution in [0.5, 0.6) is 0 Å². The molecule has 0 amide bonds. The van der Waals surface area contributed by atoms with Crippen molar-refractivity contribution in [2.24, 2.45) is 0 Å². The van der Waals surface area contributed by atoms with Crippen molar-refractivity contribution in [2.75, 3.05) is 0 Å². The lowest BCUT2D eigenvalue weighted by Crippen LogP contribution is -1.96. The zero-order valence-electron chi connectivity index (χ0n) is 8.94. The molecule has 4 heteroatoms. The molecule has 0 saturated heterocycles. The summed E-state index contributed by atoms with van der Waals surface area (Å²) in [4.78, 5) is 2.28. The van der Waals surface area contributed by atoms with Crippen molar-refractivity contribution in [3.63, 3.8) is 0 Å². The lowest BCUT2D eigenvalue weighted by molar-refractivity contribution is 0.171. The minimum absolute atomic E-state index is 0.338. The first-order chi connectivity index (χ1) is 7.66. The van der Waals surface area contributed by atoms with Crippen LogP contribution >= 0.6 is 38.6 Å². The summed E-state index contributed by atoms with van der Waals surface area (Å²) in [6, 6.07) is 4.14. The second-order valence-electron chi connectivity index (χ2n) is 3.74. The Morgan fingerprint density at radius 3 is 2.88 bits per heavy atom. The van der Waals surface area contributed by atoms with Crippen LogP contribution in [-0.2, 0) is 6.42 Å². The number of aliphatic hydroxyl groups is 1. The predicted octanol–water partition coefficient (Wildman–Crippen LogP) is 4.55. The van der Waals surface area contributed by atoms with Crippen LogP contribution in [0.15, 0.2) is 27.4 Å². The van der Waals surface area contributed by atoms with Crippen molar-refractivity contribution in [2.45, 2.75) is 25.9 Å². The van der Waals surface area contributed by atoms with Crippen LogP contribution in [0.25, 0.3) is 0 Å². The molecule has 0 aliphatic carbocycles. The minimum atomic E-state index is -0.338. The van der Waals surface area contributed by atoms with Crippen molar-refractivity contribution >= 4 is 38.6 Å². The number of hydrogen-bond donors (Lipinski definition) is 1. The second kappa shape index (κ2) is 5.45. The maximum atomic E-state index is 10.1. The van der Waals surface area contributed by atoms with E-state index in [0.29, 0.717) is 0 Å². The number of aryl methyl sites for hydroxylation is 2. The van der Waals surface area contributed by atoms with Crippen LogP contribution in [0.4, 0.5) is 0 Å². The van der Waals surface area contributed by atoms with Gasteiger partial charge in [-0.25, -0.2) is 0 Å². The van der Waals surface area contributed by atoms with Gasteiger partial charge >= 0.3 is 0 Å². The van der Waals surface area contributed by atoms with Crippen LogP contribution in [0.1, 0.15) is 27.8 Å². The zero-order valence-corrected chi connectivity index (χ0v) is 12.2. The molecule has 2 aromatic rings. The van der Waals surface area contributed by atoms with Crippen LogP contribution in [0.3, 0.4) is 0 Å². The molecule has 16 heavy (non-hydrogen) atoms. The molecule has 0 radical (unpaired) electrons. The number of aliphatic hydroxyl groups excluding tert-OH is 1. The molecule has 0 aliphatic rings. The van der Waals surface area contributed by atoms with Crippen molar-refractivity contribution in [1.29, 1.82) is 0 Å². The summed E-state index contributed by atoms with van der Waals surface area (Å²) in [7, 11) is 0.